The first-order chi connectivity index (χ1) is 8.29. The van der Waals surface area contributed by atoms with E-state index in [9.17, 15) is 10.2 Å². The van der Waals surface area contributed by atoms with Gasteiger partial charge in [-0.3, -0.25) is 0 Å². The number of aromatic nitrogens is 1. The van der Waals surface area contributed by atoms with E-state index in [1.165, 1.54) is 6.07 Å². The van der Waals surface area contributed by atoms with E-state index < -0.39 is 0 Å². The second kappa shape index (κ2) is 3.94. The van der Waals surface area contributed by atoms with Crippen molar-refractivity contribution in [2.45, 2.75) is 26.2 Å². The van der Waals surface area contributed by atoms with E-state index >= 15 is 0 Å². The molecule has 5 heteroatoms. The number of hydrogen-bond acceptors (Lipinski definition) is 5. The maximum absolute atomic E-state index is 9.87. The summed E-state index contributed by atoms with van der Waals surface area (Å²) in [6, 6.07) is 4.80. The van der Waals surface area contributed by atoms with Crippen LogP contribution in [0.2, 0.25) is 0 Å². The average molecular weight is 248 g/mol. The van der Waals surface area contributed by atoms with E-state index in [4.69, 9.17) is 10.3 Å². The molecule has 0 radical (unpaired) electrons. The fourth-order valence-corrected chi connectivity index (χ4v) is 1.66. The number of hydrogen-bond donors (Lipinski definition) is 3. The molecule has 4 N–H and O–H groups in total. The molecule has 0 atom stereocenters. The lowest BCUT2D eigenvalue weighted by Gasteiger charge is -2.20. The SMILES string of the molecule is CC(C)(C)c1cc(O)c(O)c(-c2cc(N)no2)c1. The van der Waals surface area contributed by atoms with Crippen LogP contribution in [0.3, 0.4) is 0 Å². The molecule has 0 unspecified atom stereocenters. The second-order valence-electron chi connectivity index (χ2n) is 5.26. The van der Waals surface area contributed by atoms with Crippen LogP contribution in [-0.2, 0) is 5.41 Å². The number of anilines is 1. The summed E-state index contributed by atoms with van der Waals surface area (Å²) in [6.45, 7) is 6.03. The summed E-state index contributed by atoms with van der Waals surface area (Å²) in [4.78, 5) is 0. The van der Waals surface area contributed by atoms with E-state index in [1.807, 2.05) is 20.8 Å². The Balaban J connectivity index is 2.63. The Morgan fingerprint density at radius 1 is 1.17 bits per heavy atom. The molecule has 0 saturated heterocycles. The molecule has 1 aromatic heterocycles. The number of benzene rings is 1. The lowest BCUT2D eigenvalue weighted by Crippen LogP contribution is -2.10. The van der Waals surface area contributed by atoms with E-state index in [2.05, 4.69) is 5.16 Å². The normalized spacial score (nSPS) is 11.7. The van der Waals surface area contributed by atoms with E-state index in [0.717, 1.165) is 5.56 Å². The van der Waals surface area contributed by atoms with Gasteiger partial charge in [0.05, 0.1) is 5.56 Å². The van der Waals surface area contributed by atoms with Crippen LogP contribution < -0.4 is 5.73 Å². The van der Waals surface area contributed by atoms with Crippen molar-refractivity contribution in [2.24, 2.45) is 0 Å². The van der Waals surface area contributed by atoms with Gasteiger partial charge in [-0.05, 0) is 23.1 Å². The van der Waals surface area contributed by atoms with Crippen LogP contribution in [0.5, 0.6) is 11.5 Å². The van der Waals surface area contributed by atoms with Crippen molar-refractivity contribution < 1.29 is 14.7 Å². The fourth-order valence-electron chi connectivity index (χ4n) is 1.66. The number of phenolic OH excluding ortho intramolecular Hbond substituents is 2. The quantitative estimate of drug-likeness (QED) is 0.674. The molecular weight excluding hydrogens is 232 g/mol. The van der Waals surface area contributed by atoms with Gasteiger partial charge in [-0.1, -0.05) is 25.9 Å². The van der Waals surface area contributed by atoms with Gasteiger partial charge in [-0.15, -0.1) is 0 Å². The predicted molar refractivity (Wildman–Crippen MR) is 68.4 cm³/mol. The van der Waals surface area contributed by atoms with E-state index in [0.29, 0.717) is 11.3 Å². The fraction of sp³-hybridized carbons (Fsp3) is 0.308. The van der Waals surface area contributed by atoms with Crippen molar-refractivity contribution in [3.63, 3.8) is 0 Å². The van der Waals surface area contributed by atoms with Gasteiger partial charge in [-0.25, -0.2) is 0 Å². The van der Waals surface area contributed by atoms with Gasteiger partial charge in [-0.2, -0.15) is 0 Å². The van der Waals surface area contributed by atoms with E-state index in [1.54, 1.807) is 12.1 Å². The highest BCUT2D eigenvalue weighted by Crippen LogP contribution is 2.40. The van der Waals surface area contributed by atoms with E-state index in [-0.39, 0.29) is 22.7 Å². The first-order valence-corrected chi connectivity index (χ1v) is 5.58. The Kier molecular flexibility index (Phi) is 2.69. The molecular formula is C13H16N2O3. The second-order valence-corrected chi connectivity index (χ2v) is 5.26. The zero-order valence-corrected chi connectivity index (χ0v) is 10.6. The smallest absolute Gasteiger partial charge is 0.172 e. The van der Waals surface area contributed by atoms with Crippen molar-refractivity contribution in [2.75, 3.05) is 5.73 Å². The molecule has 0 saturated carbocycles. The van der Waals surface area contributed by atoms with Gasteiger partial charge in [0.2, 0.25) is 0 Å². The maximum atomic E-state index is 9.87. The molecule has 18 heavy (non-hydrogen) atoms. The molecule has 0 aliphatic rings. The lowest BCUT2D eigenvalue weighted by molar-refractivity contribution is 0.396. The van der Waals surface area contributed by atoms with Crippen molar-refractivity contribution in [3.05, 3.63) is 23.8 Å². The first-order valence-electron chi connectivity index (χ1n) is 5.58. The van der Waals surface area contributed by atoms with Gasteiger partial charge in [0, 0.05) is 6.07 Å². The standard InChI is InChI=1S/C13H16N2O3/c1-13(2,3)7-4-8(12(17)9(16)5-7)10-6-11(14)15-18-10/h4-6,16-17H,1-3H3,(H2,14,15). The summed E-state index contributed by atoms with van der Waals surface area (Å²) in [5.41, 5.74) is 6.57. The molecule has 0 aliphatic heterocycles. The van der Waals surface area contributed by atoms with Gasteiger partial charge in [0.1, 0.15) is 0 Å². The lowest BCUT2D eigenvalue weighted by atomic mass is 9.85. The summed E-state index contributed by atoms with van der Waals surface area (Å²) in [7, 11) is 0. The minimum atomic E-state index is -0.237. The number of phenols is 2. The molecule has 0 aliphatic carbocycles. The van der Waals surface area contributed by atoms with Gasteiger partial charge < -0.3 is 20.5 Å². The summed E-state index contributed by atoms with van der Waals surface area (Å²) >= 11 is 0. The molecule has 5 nitrogen and oxygen atoms in total. The molecule has 0 amide bonds. The van der Waals surface area contributed by atoms with Crippen LogP contribution in [0.1, 0.15) is 26.3 Å². The Bertz CT molecular complexity index is 582. The Morgan fingerprint density at radius 3 is 2.33 bits per heavy atom. The average Bonchev–Trinajstić information content (AvgIpc) is 2.67. The molecule has 0 fully saturated rings. The molecule has 1 aromatic carbocycles. The van der Waals surface area contributed by atoms with Crippen LogP contribution in [0.4, 0.5) is 5.82 Å². The largest absolute Gasteiger partial charge is 0.504 e. The molecule has 96 valence electrons. The topological polar surface area (TPSA) is 92.5 Å². The third-order valence-electron chi connectivity index (χ3n) is 2.75. The number of rotatable bonds is 1. The minimum absolute atomic E-state index is 0.161. The van der Waals surface area contributed by atoms with Crippen LogP contribution in [-0.4, -0.2) is 15.4 Å². The molecule has 0 spiro atoms. The molecule has 1 heterocycles. The Morgan fingerprint density at radius 2 is 1.83 bits per heavy atom. The number of aromatic hydroxyl groups is 2. The van der Waals surface area contributed by atoms with Gasteiger partial charge in [0.25, 0.3) is 0 Å². The van der Waals surface area contributed by atoms with Crippen LogP contribution in [0.15, 0.2) is 22.7 Å². The summed E-state index contributed by atoms with van der Waals surface area (Å²) in [5.74, 6) is 0.128. The molecule has 0 bridgehead atoms. The highest BCUT2D eigenvalue weighted by molar-refractivity contribution is 5.72. The summed E-state index contributed by atoms with van der Waals surface area (Å²) in [6.07, 6.45) is 0. The number of nitrogen functional groups attached to an aromatic ring is 1. The predicted octanol–water partition coefficient (Wildman–Crippen LogP) is 2.63. The van der Waals surface area contributed by atoms with Crippen molar-refractivity contribution in [1.29, 1.82) is 0 Å². The van der Waals surface area contributed by atoms with Crippen LogP contribution >= 0.6 is 0 Å². The summed E-state index contributed by atoms with van der Waals surface area (Å²) < 4.78 is 5.01. The molecule has 2 rings (SSSR count). The molecule has 2 aromatic rings. The first kappa shape index (κ1) is 12.3. The highest BCUT2D eigenvalue weighted by Gasteiger charge is 2.21. The zero-order valence-electron chi connectivity index (χ0n) is 10.6. The third-order valence-corrected chi connectivity index (χ3v) is 2.75. The van der Waals surface area contributed by atoms with Crippen molar-refractivity contribution >= 4 is 5.82 Å². The van der Waals surface area contributed by atoms with Crippen molar-refractivity contribution in [3.8, 4) is 22.8 Å². The van der Waals surface area contributed by atoms with Crippen LogP contribution in [0.25, 0.3) is 11.3 Å². The monoisotopic (exact) mass is 248 g/mol. The summed E-state index contributed by atoms with van der Waals surface area (Å²) in [5, 5.41) is 23.2. The van der Waals surface area contributed by atoms with Crippen LogP contribution in [0, 0.1) is 0 Å². The maximum Gasteiger partial charge on any atom is 0.172 e. The highest BCUT2D eigenvalue weighted by atomic mass is 16.5. The zero-order chi connectivity index (χ0) is 13.5. The van der Waals surface area contributed by atoms with Gasteiger partial charge >= 0.3 is 0 Å². The number of nitrogens with zero attached hydrogens (tertiary/aromatic N) is 1. The Hall–Kier alpha value is -2.17. The minimum Gasteiger partial charge on any atom is -0.504 e. The third kappa shape index (κ3) is 2.11. The number of nitrogens with two attached hydrogens (primary N) is 1. The van der Waals surface area contributed by atoms with Gasteiger partial charge in [0.15, 0.2) is 23.1 Å². The van der Waals surface area contributed by atoms with Crippen molar-refractivity contribution in [1.82, 2.24) is 5.16 Å². The Labute approximate surface area is 105 Å².